The molecule has 2 atom stereocenters. The van der Waals surface area contributed by atoms with E-state index in [0.717, 1.165) is 32.7 Å². The van der Waals surface area contributed by atoms with Crippen molar-refractivity contribution < 1.29 is 4.74 Å². The van der Waals surface area contributed by atoms with Crippen molar-refractivity contribution >= 4 is 0 Å². The predicted molar refractivity (Wildman–Crippen MR) is 86.1 cm³/mol. The van der Waals surface area contributed by atoms with E-state index in [-0.39, 0.29) is 0 Å². The number of hydrogen-bond donors (Lipinski definition) is 1. The van der Waals surface area contributed by atoms with Crippen LogP contribution in [0.3, 0.4) is 0 Å². The number of nitrogens with zero attached hydrogens (tertiary/aromatic N) is 1. The van der Waals surface area contributed by atoms with Crippen LogP contribution < -0.4 is 5.32 Å². The first-order valence-corrected chi connectivity index (χ1v) is 7.74. The molecule has 1 rings (SSSR count). The first kappa shape index (κ1) is 17.2. The Morgan fingerprint density at radius 1 is 1.20 bits per heavy atom. The van der Waals surface area contributed by atoms with Crippen LogP contribution in [0.25, 0.3) is 0 Å². The third kappa shape index (κ3) is 5.61. The maximum Gasteiger partial charge on any atom is 0.0589 e. The highest BCUT2D eigenvalue weighted by molar-refractivity contribution is 5.19. The van der Waals surface area contributed by atoms with Gasteiger partial charge in [0.1, 0.15) is 0 Å². The van der Waals surface area contributed by atoms with Crippen LogP contribution in [0, 0.1) is 0 Å². The van der Waals surface area contributed by atoms with E-state index in [1.165, 1.54) is 5.56 Å². The highest BCUT2D eigenvalue weighted by atomic mass is 16.5. The zero-order valence-corrected chi connectivity index (χ0v) is 13.4. The normalized spacial score (nSPS) is 14.4. The zero-order chi connectivity index (χ0) is 14.8. The largest absolute Gasteiger partial charge is 0.383 e. The molecule has 2 unspecified atom stereocenters. The van der Waals surface area contributed by atoms with Crippen molar-refractivity contribution in [3.8, 4) is 0 Å². The molecule has 0 fully saturated rings. The van der Waals surface area contributed by atoms with Gasteiger partial charge in [-0.15, -0.1) is 0 Å². The summed E-state index contributed by atoms with van der Waals surface area (Å²) >= 11 is 0. The number of methoxy groups -OCH3 is 1. The second-order valence-electron chi connectivity index (χ2n) is 5.27. The summed E-state index contributed by atoms with van der Waals surface area (Å²) in [6.45, 7) is 10.5. The van der Waals surface area contributed by atoms with Crippen LogP contribution in [0.4, 0.5) is 0 Å². The Bertz CT molecular complexity index is 342. The summed E-state index contributed by atoms with van der Waals surface area (Å²) in [6, 6.07) is 11.7. The average molecular weight is 278 g/mol. The predicted octanol–water partition coefficient (Wildman–Crippen LogP) is 3.08. The van der Waals surface area contributed by atoms with Crippen LogP contribution in [-0.4, -0.2) is 44.3 Å². The molecule has 0 aliphatic rings. The molecule has 0 aliphatic carbocycles. The lowest BCUT2D eigenvalue weighted by atomic mass is 10.1. The van der Waals surface area contributed by atoms with Crippen molar-refractivity contribution in [1.82, 2.24) is 10.2 Å². The van der Waals surface area contributed by atoms with Gasteiger partial charge in [0.2, 0.25) is 0 Å². The molecule has 0 saturated heterocycles. The minimum Gasteiger partial charge on any atom is -0.383 e. The summed E-state index contributed by atoms with van der Waals surface area (Å²) in [4.78, 5) is 2.52. The summed E-state index contributed by atoms with van der Waals surface area (Å²) in [5.74, 6) is 0. The fourth-order valence-electron chi connectivity index (χ4n) is 2.41. The van der Waals surface area contributed by atoms with Crippen LogP contribution in [0.1, 0.15) is 38.8 Å². The molecule has 3 nitrogen and oxygen atoms in total. The molecule has 0 aromatic heterocycles. The molecule has 0 bridgehead atoms. The van der Waals surface area contributed by atoms with Gasteiger partial charge in [0.25, 0.3) is 0 Å². The van der Waals surface area contributed by atoms with Gasteiger partial charge < -0.3 is 10.1 Å². The van der Waals surface area contributed by atoms with Gasteiger partial charge in [0, 0.05) is 32.3 Å². The maximum atomic E-state index is 5.25. The van der Waals surface area contributed by atoms with Gasteiger partial charge in [-0.05, 0) is 25.5 Å². The first-order valence-electron chi connectivity index (χ1n) is 7.74. The monoisotopic (exact) mass is 278 g/mol. The molecule has 0 radical (unpaired) electrons. The molecular weight excluding hydrogens is 248 g/mol. The standard InChI is InChI=1S/C17H30N2O/c1-5-15(3)19(12-13-20-4)14-17(18-6-2)16-10-8-7-9-11-16/h7-11,15,17-18H,5-6,12-14H2,1-4H3. The molecule has 114 valence electrons. The summed E-state index contributed by atoms with van der Waals surface area (Å²) in [5, 5.41) is 3.60. The van der Waals surface area contributed by atoms with Crippen LogP contribution in [-0.2, 0) is 4.74 Å². The maximum absolute atomic E-state index is 5.25. The second kappa shape index (κ2) is 9.92. The fourth-order valence-corrected chi connectivity index (χ4v) is 2.41. The Morgan fingerprint density at radius 3 is 2.45 bits per heavy atom. The van der Waals surface area contributed by atoms with Crippen LogP contribution in [0.2, 0.25) is 0 Å². The quantitative estimate of drug-likeness (QED) is 0.712. The molecule has 1 aromatic rings. The van der Waals surface area contributed by atoms with E-state index in [1.54, 1.807) is 7.11 Å². The van der Waals surface area contributed by atoms with Gasteiger partial charge >= 0.3 is 0 Å². The molecular formula is C17H30N2O. The number of benzene rings is 1. The highest BCUT2D eigenvalue weighted by Gasteiger charge is 2.18. The highest BCUT2D eigenvalue weighted by Crippen LogP contribution is 2.16. The van der Waals surface area contributed by atoms with E-state index in [1.807, 2.05) is 0 Å². The van der Waals surface area contributed by atoms with Crippen molar-refractivity contribution in [2.24, 2.45) is 0 Å². The molecule has 3 heteroatoms. The first-order chi connectivity index (χ1) is 9.72. The van der Waals surface area contributed by atoms with Gasteiger partial charge in [-0.25, -0.2) is 0 Å². The topological polar surface area (TPSA) is 24.5 Å². The minimum atomic E-state index is 0.382. The second-order valence-corrected chi connectivity index (χ2v) is 5.27. The van der Waals surface area contributed by atoms with Crippen molar-refractivity contribution in [2.75, 3.05) is 33.4 Å². The summed E-state index contributed by atoms with van der Waals surface area (Å²) < 4.78 is 5.25. The molecule has 1 aromatic carbocycles. The fraction of sp³-hybridized carbons (Fsp3) is 0.647. The summed E-state index contributed by atoms with van der Waals surface area (Å²) in [7, 11) is 1.77. The summed E-state index contributed by atoms with van der Waals surface area (Å²) in [6.07, 6.45) is 1.16. The minimum absolute atomic E-state index is 0.382. The van der Waals surface area contributed by atoms with E-state index >= 15 is 0 Å². The Hall–Kier alpha value is -0.900. The summed E-state index contributed by atoms with van der Waals surface area (Å²) in [5.41, 5.74) is 1.36. The van der Waals surface area contributed by atoms with E-state index < -0.39 is 0 Å². The van der Waals surface area contributed by atoms with Gasteiger partial charge in [-0.2, -0.15) is 0 Å². The van der Waals surface area contributed by atoms with E-state index in [9.17, 15) is 0 Å². The Kier molecular flexibility index (Phi) is 8.51. The van der Waals surface area contributed by atoms with Crippen LogP contribution in [0.15, 0.2) is 30.3 Å². The van der Waals surface area contributed by atoms with Crippen molar-refractivity contribution in [3.05, 3.63) is 35.9 Å². The van der Waals surface area contributed by atoms with Crippen LogP contribution in [0.5, 0.6) is 0 Å². The van der Waals surface area contributed by atoms with Crippen molar-refractivity contribution in [1.29, 1.82) is 0 Å². The van der Waals surface area contributed by atoms with Gasteiger partial charge in [-0.3, -0.25) is 4.90 Å². The lowest BCUT2D eigenvalue weighted by Crippen LogP contribution is -2.41. The number of ether oxygens (including phenoxy) is 1. The Morgan fingerprint density at radius 2 is 1.90 bits per heavy atom. The van der Waals surface area contributed by atoms with Gasteiger partial charge in [0.15, 0.2) is 0 Å². The zero-order valence-electron chi connectivity index (χ0n) is 13.4. The SMILES string of the molecule is CCNC(CN(CCOC)C(C)CC)c1ccccc1. The third-order valence-electron chi connectivity index (χ3n) is 3.87. The van der Waals surface area contributed by atoms with Crippen molar-refractivity contribution in [2.45, 2.75) is 39.3 Å². The lowest BCUT2D eigenvalue weighted by molar-refractivity contribution is 0.114. The van der Waals surface area contributed by atoms with E-state index in [2.05, 4.69) is 61.3 Å². The van der Waals surface area contributed by atoms with Gasteiger partial charge in [0.05, 0.1) is 6.61 Å². The van der Waals surface area contributed by atoms with Gasteiger partial charge in [-0.1, -0.05) is 44.2 Å². The smallest absolute Gasteiger partial charge is 0.0589 e. The molecule has 0 amide bonds. The molecule has 1 N–H and O–H groups in total. The molecule has 0 spiro atoms. The molecule has 0 aliphatic heterocycles. The number of hydrogen-bond acceptors (Lipinski definition) is 3. The van der Waals surface area contributed by atoms with Crippen LogP contribution >= 0.6 is 0 Å². The van der Waals surface area contributed by atoms with E-state index in [4.69, 9.17) is 4.74 Å². The Balaban J connectivity index is 2.74. The number of nitrogens with one attached hydrogen (secondary N) is 1. The number of likely N-dealkylation sites (N-methyl/N-ethyl adjacent to an activating group) is 1. The van der Waals surface area contributed by atoms with E-state index in [0.29, 0.717) is 12.1 Å². The van der Waals surface area contributed by atoms with Crippen molar-refractivity contribution in [3.63, 3.8) is 0 Å². The third-order valence-corrected chi connectivity index (χ3v) is 3.87. The average Bonchev–Trinajstić information content (AvgIpc) is 2.50. The molecule has 0 heterocycles. The Labute approximate surface area is 124 Å². The number of rotatable bonds is 10. The molecule has 0 saturated carbocycles. The lowest BCUT2D eigenvalue weighted by Gasteiger charge is -2.32. The molecule has 20 heavy (non-hydrogen) atoms.